The van der Waals surface area contributed by atoms with Crippen LogP contribution in [0.15, 0.2) is 48.5 Å². The molecule has 2 aromatic rings. The van der Waals surface area contributed by atoms with Crippen molar-refractivity contribution < 1.29 is 19.2 Å². The summed E-state index contributed by atoms with van der Waals surface area (Å²) in [7, 11) is 6.33. The second-order valence-corrected chi connectivity index (χ2v) is 8.80. The van der Waals surface area contributed by atoms with Crippen LogP contribution in [-0.2, 0) is 16.0 Å². The van der Waals surface area contributed by atoms with Crippen molar-refractivity contribution in [1.82, 2.24) is 4.48 Å². The molecule has 0 saturated carbocycles. The average molecular weight is 444 g/mol. The first-order valence-corrected chi connectivity index (χ1v) is 11.2. The van der Waals surface area contributed by atoms with Gasteiger partial charge in [0.1, 0.15) is 11.4 Å². The van der Waals surface area contributed by atoms with E-state index in [0.717, 1.165) is 48.6 Å². The molecule has 0 unspecified atom stereocenters. The average Bonchev–Trinajstić information content (AvgIpc) is 2.75. The van der Waals surface area contributed by atoms with Gasteiger partial charge in [-0.1, -0.05) is 43.9 Å². The van der Waals surface area contributed by atoms with Crippen LogP contribution in [0.5, 0.6) is 5.75 Å². The number of rotatable bonds is 14. The first-order valence-electron chi connectivity index (χ1n) is 11.2. The highest BCUT2D eigenvalue weighted by Crippen LogP contribution is 2.20. The summed E-state index contributed by atoms with van der Waals surface area (Å²) in [6.07, 6.45) is 6.32. The molecule has 174 valence electrons. The van der Waals surface area contributed by atoms with Gasteiger partial charge in [-0.05, 0) is 36.6 Å². The molecule has 0 aliphatic rings. The van der Waals surface area contributed by atoms with Crippen molar-refractivity contribution in [2.24, 2.45) is 0 Å². The quantitative estimate of drug-likeness (QED) is 0.130. The summed E-state index contributed by atoms with van der Waals surface area (Å²) in [6, 6.07) is 14.3. The second kappa shape index (κ2) is 12.8. The second-order valence-electron chi connectivity index (χ2n) is 8.80. The van der Waals surface area contributed by atoms with E-state index in [1.807, 2.05) is 12.1 Å². The van der Waals surface area contributed by atoms with Gasteiger partial charge in [-0.15, -0.1) is 0 Å². The number of non-ortho nitro benzene ring substituents is 1. The fourth-order valence-electron chi connectivity index (χ4n) is 3.25. The zero-order chi connectivity index (χ0) is 23.4. The predicted octanol–water partition coefficient (Wildman–Crippen LogP) is 5.30. The Morgan fingerprint density at radius 3 is 2.16 bits per heavy atom. The lowest BCUT2D eigenvalue weighted by molar-refractivity contribution is -0.384. The van der Waals surface area contributed by atoms with Crippen molar-refractivity contribution in [2.45, 2.75) is 44.9 Å². The molecule has 32 heavy (non-hydrogen) atoms. The number of nitrogens with zero attached hydrogens (tertiary/aromatic N) is 2. The molecular weight excluding hydrogens is 408 g/mol. The fourth-order valence-corrected chi connectivity index (χ4v) is 3.25. The van der Waals surface area contributed by atoms with Crippen molar-refractivity contribution in [2.75, 3.05) is 34.4 Å². The van der Waals surface area contributed by atoms with Gasteiger partial charge in [-0.3, -0.25) is 19.4 Å². The third-order valence-electron chi connectivity index (χ3n) is 5.16. The minimum absolute atomic E-state index is 0.0426. The third-order valence-corrected chi connectivity index (χ3v) is 5.16. The number of nitro groups is 1. The zero-order valence-electron chi connectivity index (χ0n) is 19.4. The van der Waals surface area contributed by atoms with Crippen LogP contribution in [0.1, 0.15) is 44.1 Å². The van der Waals surface area contributed by atoms with Gasteiger partial charge in [-0.25, -0.2) is 0 Å². The number of benzene rings is 2. The molecule has 0 saturated heterocycles. The van der Waals surface area contributed by atoms with Gasteiger partial charge in [0, 0.05) is 6.07 Å². The Bertz CT molecular complexity index is 859. The largest absolute Gasteiger partial charge is 0.493 e. The van der Waals surface area contributed by atoms with Gasteiger partial charge < -0.3 is 9.47 Å². The van der Waals surface area contributed by atoms with E-state index in [2.05, 4.69) is 33.3 Å². The summed E-state index contributed by atoms with van der Waals surface area (Å²) in [5.41, 5.74) is 2.21. The maximum Gasteiger partial charge on any atom is 0.310 e. The van der Waals surface area contributed by atoms with Crippen LogP contribution in [-0.4, -0.2) is 45.2 Å². The van der Waals surface area contributed by atoms with Gasteiger partial charge in [0.25, 0.3) is 5.69 Å². The van der Waals surface area contributed by atoms with Gasteiger partial charge >= 0.3 is 5.97 Å². The highest BCUT2D eigenvalue weighted by molar-refractivity contribution is 5.72. The molecule has 0 radical (unpaired) electrons. The monoisotopic (exact) mass is 443 g/mol. The molecule has 7 nitrogen and oxygen atoms in total. The number of quaternary nitrogens is 1. The minimum atomic E-state index is -0.423. The van der Waals surface area contributed by atoms with E-state index in [4.69, 9.17) is 9.47 Å². The molecule has 0 amide bonds. The van der Waals surface area contributed by atoms with Gasteiger partial charge in [0.05, 0.1) is 51.8 Å². The number of ether oxygens (including phenoxy) is 2. The molecule has 0 aliphatic carbocycles. The van der Waals surface area contributed by atoms with Crippen LogP contribution < -0.4 is 9.22 Å². The normalized spacial score (nSPS) is 11.2. The van der Waals surface area contributed by atoms with Crippen molar-refractivity contribution in [3.63, 3.8) is 0 Å². The Hall–Kier alpha value is -2.93. The van der Waals surface area contributed by atoms with E-state index in [1.165, 1.54) is 17.8 Å². The fraction of sp³-hybridized carbons (Fsp3) is 0.480. The Labute approximate surface area is 190 Å². The molecule has 2 rings (SSSR count). The number of esters is 1. The molecule has 2 aromatic carbocycles. The minimum Gasteiger partial charge on any atom is -0.493 e. The maximum absolute atomic E-state index is 12.0. The Balaban J connectivity index is 1.48. The van der Waals surface area contributed by atoms with Crippen LogP contribution in [0.25, 0.3) is 0 Å². The van der Waals surface area contributed by atoms with Crippen LogP contribution in [0.2, 0.25) is 0 Å². The van der Waals surface area contributed by atoms with Gasteiger partial charge in [-0.2, -0.15) is 0 Å². The molecule has 0 N–H and O–H groups in total. The van der Waals surface area contributed by atoms with E-state index < -0.39 is 4.92 Å². The smallest absolute Gasteiger partial charge is 0.310 e. The molecule has 0 aliphatic heterocycles. The Morgan fingerprint density at radius 2 is 1.53 bits per heavy atom. The van der Waals surface area contributed by atoms with Crippen LogP contribution in [0, 0.1) is 10.1 Å². The van der Waals surface area contributed by atoms with E-state index >= 15 is 0 Å². The van der Waals surface area contributed by atoms with Crippen molar-refractivity contribution in [3.8, 4) is 5.75 Å². The lowest BCUT2D eigenvalue weighted by Gasteiger charge is -2.23. The first kappa shape index (κ1) is 25.3. The molecule has 0 aromatic heterocycles. The Morgan fingerprint density at radius 1 is 0.906 bits per heavy atom. The SMILES string of the molecule is C[N+](C)(C)c1ccc(CC(=O)OCCCCCCCCOc2cccc([N+](=O)[O-])c2)cc1. The van der Waals surface area contributed by atoms with E-state index in [1.54, 1.807) is 12.1 Å². The molecule has 0 fully saturated rings. The molecule has 0 spiro atoms. The van der Waals surface area contributed by atoms with Crippen molar-refractivity contribution in [3.05, 3.63) is 64.2 Å². The number of carbonyl (C=O) groups excluding carboxylic acids is 1. The lowest BCUT2D eigenvalue weighted by Crippen LogP contribution is -2.34. The van der Waals surface area contributed by atoms with Crippen LogP contribution >= 0.6 is 0 Å². The summed E-state index contributed by atoms with van der Waals surface area (Å²) < 4.78 is 11.7. The molecule has 0 bridgehead atoms. The standard InChI is InChI=1S/C25H35N2O5/c1-27(2,3)23-15-13-21(14-16-23)19-25(28)32-18-9-7-5-4-6-8-17-31-24-12-10-11-22(20-24)26(29)30/h10-16,20H,4-9,17-19H2,1-3H3/q+1. The first-order chi connectivity index (χ1) is 15.3. The van der Waals surface area contributed by atoms with Crippen molar-refractivity contribution in [1.29, 1.82) is 0 Å². The van der Waals surface area contributed by atoms with E-state index in [0.29, 0.717) is 25.4 Å². The summed E-state index contributed by atoms with van der Waals surface area (Å²) in [5.74, 6) is 0.353. The van der Waals surface area contributed by atoms with E-state index in [9.17, 15) is 14.9 Å². The van der Waals surface area contributed by atoms with Crippen molar-refractivity contribution >= 4 is 17.3 Å². The summed E-state index contributed by atoms with van der Waals surface area (Å²) in [4.78, 5) is 22.3. The molecule has 7 heteroatoms. The highest BCUT2D eigenvalue weighted by atomic mass is 16.6. The van der Waals surface area contributed by atoms with Gasteiger partial charge in [0.15, 0.2) is 0 Å². The number of carbonyl (C=O) groups is 1. The number of hydrogen-bond donors (Lipinski definition) is 0. The maximum atomic E-state index is 12.0. The van der Waals surface area contributed by atoms with Crippen LogP contribution in [0.3, 0.4) is 0 Å². The predicted molar refractivity (Wildman–Crippen MR) is 127 cm³/mol. The van der Waals surface area contributed by atoms with Crippen LogP contribution in [0.4, 0.5) is 11.4 Å². The number of unbranched alkanes of at least 4 members (excludes halogenated alkanes) is 5. The summed E-state index contributed by atoms with van der Waals surface area (Å²) in [5, 5.41) is 10.8. The topological polar surface area (TPSA) is 78.7 Å². The summed E-state index contributed by atoms with van der Waals surface area (Å²) >= 11 is 0. The Kier molecular flexibility index (Phi) is 10.1. The summed E-state index contributed by atoms with van der Waals surface area (Å²) in [6.45, 7) is 1.01. The third kappa shape index (κ3) is 9.47. The zero-order valence-corrected chi connectivity index (χ0v) is 19.4. The molecular formula is C25H35N2O5+. The highest BCUT2D eigenvalue weighted by Gasteiger charge is 2.12. The molecule has 0 atom stereocenters. The molecule has 0 heterocycles. The lowest BCUT2D eigenvalue weighted by atomic mass is 10.1. The number of hydrogen-bond acceptors (Lipinski definition) is 5. The van der Waals surface area contributed by atoms with Gasteiger partial charge in [0.2, 0.25) is 0 Å². The number of nitro benzene ring substituents is 1. The van der Waals surface area contributed by atoms with E-state index in [-0.39, 0.29) is 11.7 Å².